The minimum Gasteiger partial charge on any atom is -0.469 e. The molecule has 1 N–H and O–H groups in total. The molecule has 11 heteroatoms. The Morgan fingerprint density at radius 2 is 1.85 bits per heavy atom. The predicted molar refractivity (Wildman–Crippen MR) is 141 cm³/mol. The number of oxazole rings is 1. The van der Waals surface area contributed by atoms with Crippen molar-refractivity contribution >= 4 is 34.6 Å². The maximum absolute atomic E-state index is 16.5. The Morgan fingerprint density at radius 1 is 1.12 bits per heavy atom. The molecule has 1 atom stereocenters. The quantitative estimate of drug-likeness (QED) is 0.262. The second-order valence-electron chi connectivity index (χ2n) is 10.5. The molecule has 1 aromatic heterocycles. The number of hydrogen-bond donors (Lipinski definition) is 1. The maximum atomic E-state index is 16.5. The van der Waals surface area contributed by atoms with Crippen molar-refractivity contribution in [3.05, 3.63) is 53.1 Å². The number of fused-ring (bicyclic) bond motifs is 1. The van der Waals surface area contributed by atoms with E-state index in [-0.39, 0.29) is 34.6 Å². The van der Waals surface area contributed by atoms with Crippen LogP contribution in [0.15, 0.2) is 34.7 Å². The highest BCUT2D eigenvalue weighted by Crippen LogP contribution is 2.35. The lowest BCUT2D eigenvalue weighted by Crippen LogP contribution is -2.54. The molecule has 1 saturated heterocycles. The van der Waals surface area contributed by atoms with E-state index in [1.165, 1.54) is 30.2 Å². The van der Waals surface area contributed by atoms with Crippen LogP contribution in [0.1, 0.15) is 49.7 Å². The Morgan fingerprint density at radius 3 is 2.55 bits per heavy atom. The number of nitrogens with zero attached hydrogens (tertiary/aromatic N) is 2. The minimum absolute atomic E-state index is 0.0473. The number of ether oxygens (including phenoxy) is 2. The second-order valence-corrected chi connectivity index (χ2v) is 10.5. The zero-order valence-corrected chi connectivity index (χ0v) is 22.5. The standard InChI is InChI=1S/C29H32F3N3O5/c1-17-5-8-20(30)16-23(17)33-28-34-26-22(31)13-18(14-24(26)39-28)15-25(36)29(32,35-11-3-4-12-35)40-21-9-6-19(7-10-21)27(37)38-2/h5,8,13-14,16,19,21H,3-4,6-7,9-12,15H2,1-2H3,(H,33,34). The summed E-state index contributed by atoms with van der Waals surface area (Å²) < 4.78 is 61.5. The number of carbonyl (C=O) groups is 2. The fourth-order valence-electron chi connectivity index (χ4n) is 5.46. The van der Waals surface area contributed by atoms with Gasteiger partial charge < -0.3 is 19.2 Å². The monoisotopic (exact) mass is 559 g/mol. The third-order valence-corrected chi connectivity index (χ3v) is 7.70. The van der Waals surface area contributed by atoms with Crippen LogP contribution in [0.4, 0.5) is 24.9 Å². The van der Waals surface area contributed by atoms with Gasteiger partial charge in [0, 0.05) is 25.2 Å². The summed E-state index contributed by atoms with van der Waals surface area (Å²) in [6.45, 7) is 2.50. The van der Waals surface area contributed by atoms with Crippen molar-refractivity contribution in [2.45, 2.75) is 64.0 Å². The molecule has 2 aromatic carbocycles. The summed E-state index contributed by atoms with van der Waals surface area (Å²) in [5.41, 5.74) is 1.34. The summed E-state index contributed by atoms with van der Waals surface area (Å²) in [4.78, 5) is 30.8. The van der Waals surface area contributed by atoms with Crippen LogP contribution in [0.5, 0.6) is 0 Å². The number of nitrogens with one attached hydrogen (secondary N) is 1. The minimum atomic E-state index is -2.67. The molecule has 1 unspecified atom stereocenters. The van der Waals surface area contributed by atoms with E-state index in [2.05, 4.69) is 10.3 Å². The molecule has 0 amide bonds. The van der Waals surface area contributed by atoms with Gasteiger partial charge in [-0.15, -0.1) is 0 Å². The van der Waals surface area contributed by atoms with Crippen molar-refractivity contribution in [1.29, 1.82) is 0 Å². The molecule has 3 aromatic rings. The van der Waals surface area contributed by atoms with Gasteiger partial charge in [-0.25, -0.2) is 13.7 Å². The predicted octanol–water partition coefficient (Wildman–Crippen LogP) is 5.74. The molecule has 2 aliphatic rings. The number of hydrogen-bond acceptors (Lipinski definition) is 8. The van der Waals surface area contributed by atoms with E-state index in [9.17, 15) is 18.4 Å². The molecule has 40 heavy (non-hydrogen) atoms. The third-order valence-electron chi connectivity index (χ3n) is 7.70. The number of rotatable bonds is 9. The Kier molecular flexibility index (Phi) is 8.14. The number of halogens is 3. The second kappa shape index (κ2) is 11.6. The van der Waals surface area contributed by atoms with Crippen LogP contribution in [-0.2, 0) is 25.5 Å². The van der Waals surface area contributed by atoms with E-state index in [1.54, 1.807) is 13.0 Å². The lowest BCUT2D eigenvalue weighted by Gasteiger charge is -2.37. The van der Waals surface area contributed by atoms with Gasteiger partial charge >= 0.3 is 11.9 Å². The molecule has 0 radical (unpaired) electrons. The van der Waals surface area contributed by atoms with Crippen molar-refractivity contribution in [3.63, 3.8) is 0 Å². The number of carbonyl (C=O) groups excluding carboxylic acids is 2. The maximum Gasteiger partial charge on any atom is 0.330 e. The molecule has 214 valence electrons. The lowest BCUT2D eigenvalue weighted by molar-refractivity contribution is -0.252. The van der Waals surface area contributed by atoms with E-state index in [0.717, 1.165) is 24.5 Å². The van der Waals surface area contributed by atoms with Crippen molar-refractivity contribution in [2.24, 2.45) is 5.92 Å². The zero-order chi connectivity index (χ0) is 28.4. The molecular weight excluding hydrogens is 527 g/mol. The van der Waals surface area contributed by atoms with Crippen molar-refractivity contribution in [2.75, 3.05) is 25.5 Å². The molecule has 0 spiro atoms. The first-order valence-corrected chi connectivity index (χ1v) is 13.5. The van der Waals surface area contributed by atoms with Gasteiger partial charge in [-0.05, 0) is 80.8 Å². The first-order chi connectivity index (χ1) is 19.2. The lowest BCUT2D eigenvalue weighted by atomic mass is 9.87. The molecule has 1 aliphatic carbocycles. The number of likely N-dealkylation sites (tertiary alicyclic amines) is 1. The highest BCUT2D eigenvalue weighted by atomic mass is 19.2. The molecule has 8 nitrogen and oxygen atoms in total. The smallest absolute Gasteiger partial charge is 0.330 e. The summed E-state index contributed by atoms with van der Waals surface area (Å²) in [6.07, 6.45) is 2.32. The molecule has 2 fully saturated rings. The molecular formula is C29H32F3N3O5. The van der Waals surface area contributed by atoms with Crippen LogP contribution in [-0.4, -0.2) is 53.9 Å². The fourth-order valence-corrected chi connectivity index (χ4v) is 5.46. The Labute approximate surface area is 229 Å². The van der Waals surface area contributed by atoms with Gasteiger partial charge in [0.15, 0.2) is 11.4 Å². The molecule has 1 saturated carbocycles. The van der Waals surface area contributed by atoms with E-state index in [0.29, 0.717) is 44.5 Å². The summed E-state index contributed by atoms with van der Waals surface area (Å²) in [5.74, 6) is -5.26. The van der Waals surface area contributed by atoms with Gasteiger partial charge in [-0.2, -0.15) is 9.37 Å². The average molecular weight is 560 g/mol. The van der Waals surface area contributed by atoms with Crippen LogP contribution in [0.2, 0.25) is 0 Å². The number of alkyl halides is 1. The van der Waals surface area contributed by atoms with Crippen LogP contribution in [0.25, 0.3) is 11.1 Å². The first-order valence-electron chi connectivity index (χ1n) is 13.5. The molecule has 1 aliphatic heterocycles. The van der Waals surface area contributed by atoms with Gasteiger partial charge in [0.25, 0.3) is 6.01 Å². The number of aromatic nitrogens is 1. The highest BCUT2D eigenvalue weighted by Gasteiger charge is 2.48. The van der Waals surface area contributed by atoms with Gasteiger partial charge in [0.05, 0.1) is 19.1 Å². The topological polar surface area (TPSA) is 93.9 Å². The van der Waals surface area contributed by atoms with E-state index >= 15 is 4.39 Å². The number of Topliss-reactive ketones (excluding diaryl/α,β-unsaturated/α-hetero) is 1. The number of anilines is 2. The van der Waals surface area contributed by atoms with E-state index in [4.69, 9.17) is 13.9 Å². The van der Waals surface area contributed by atoms with Crippen LogP contribution in [0, 0.1) is 24.5 Å². The normalized spacial score (nSPS) is 21.3. The van der Waals surface area contributed by atoms with Crippen molar-refractivity contribution in [3.8, 4) is 0 Å². The number of benzene rings is 2. The first kappa shape index (κ1) is 28.1. The van der Waals surface area contributed by atoms with Gasteiger partial charge in [0.1, 0.15) is 11.3 Å². The number of ketones is 1. The van der Waals surface area contributed by atoms with Crippen molar-refractivity contribution < 1.29 is 36.7 Å². The summed E-state index contributed by atoms with van der Waals surface area (Å²) in [7, 11) is 1.34. The molecule has 2 heterocycles. The molecule has 5 rings (SSSR count). The number of aryl methyl sites for hydroxylation is 1. The van der Waals surface area contributed by atoms with Crippen LogP contribution < -0.4 is 5.32 Å². The third kappa shape index (κ3) is 5.85. The van der Waals surface area contributed by atoms with Gasteiger partial charge in [0.2, 0.25) is 5.78 Å². The van der Waals surface area contributed by atoms with Crippen LogP contribution >= 0.6 is 0 Å². The Bertz CT molecular complexity index is 1400. The zero-order valence-electron chi connectivity index (χ0n) is 22.5. The van der Waals surface area contributed by atoms with Crippen LogP contribution in [0.3, 0.4) is 0 Å². The number of esters is 1. The number of methoxy groups -OCH3 is 1. The average Bonchev–Trinajstić information content (AvgIpc) is 3.62. The van der Waals surface area contributed by atoms with Gasteiger partial charge in [-0.3, -0.25) is 9.59 Å². The van der Waals surface area contributed by atoms with E-state index in [1.807, 2.05) is 0 Å². The molecule has 0 bridgehead atoms. The Balaban J connectivity index is 1.33. The van der Waals surface area contributed by atoms with Crippen molar-refractivity contribution in [1.82, 2.24) is 9.88 Å². The summed E-state index contributed by atoms with van der Waals surface area (Å²) in [5, 5.41) is 2.84. The highest BCUT2D eigenvalue weighted by molar-refractivity contribution is 5.88. The van der Waals surface area contributed by atoms with Gasteiger partial charge in [-0.1, -0.05) is 6.07 Å². The Hall–Kier alpha value is -3.44. The summed E-state index contributed by atoms with van der Waals surface area (Å²) in [6, 6.07) is 6.70. The van der Waals surface area contributed by atoms with E-state index < -0.39 is 35.9 Å². The SMILES string of the molecule is COC(=O)C1CCC(OC(F)(C(=O)Cc2cc(F)c3nc(Nc4cc(F)ccc4C)oc3c2)N2CCCC2)CC1. The fraction of sp³-hybridized carbons (Fsp3) is 0.483. The largest absolute Gasteiger partial charge is 0.469 e. The summed E-state index contributed by atoms with van der Waals surface area (Å²) >= 11 is 0.